The van der Waals surface area contributed by atoms with Crippen LogP contribution < -0.4 is 0 Å². The molecule has 25 heavy (non-hydrogen) atoms. The van der Waals surface area contributed by atoms with E-state index < -0.39 is 10.9 Å². The minimum absolute atomic E-state index is 0.0315. The maximum absolute atomic E-state index is 12.0. The summed E-state index contributed by atoms with van der Waals surface area (Å²) in [5.74, 6) is -0.197. The molecule has 2 aromatic heterocycles. The first-order valence-corrected chi connectivity index (χ1v) is 7.40. The number of ether oxygens (including phenoxy) is 1. The molecule has 9 heteroatoms. The number of benzene rings is 1. The van der Waals surface area contributed by atoms with Crippen molar-refractivity contribution in [2.45, 2.75) is 6.92 Å². The summed E-state index contributed by atoms with van der Waals surface area (Å²) in [7, 11) is 0. The monoisotopic (exact) mass is 339 g/mol. The van der Waals surface area contributed by atoms with Crippen LogP contribution in [0.4, 0.5) is 17.2 Å². The van der Waals surface area contributed by atoms with Gasteiger partial charge in [-0.15, -0.1) is 10.2 Å². The molecule has 9 nitrogen and oxygen atoms in total. The second-order valence-corrected chi connectivity index (χ2v) is 4.91. The molecular weight excluding hydrogens is 326 g/mol. The maximum atomic E-state index is 12.0. The molecular formula is C16H13N5O4. The van der Waals surface area contributed by atoms with E-state index in [-0.39, 0.29) is 23.9 Å². The SMILES string of the molecule is CCOC(=O)c1nc(N=Nc2ccc([N+](=O)[O-])cc2)c2ccccn12. The molecule has 3 rings (SSSR count). The van der Waals surface area contributed by atoms with Gasteiger partial charge in [0.2, 0.25) is 11.6 Å². The van der Waals surface area contributed by atoms with E-state index in [0.717, 1.165) is 0 Å². The number of nitro groups is 1. The first-order chi connectivity index (χ1) is 12.1. The highest BCUT2D eigenvalue weighted by Crippen LogP contribution is 2.25. The van der Waals surface area contributed by atoms with Crippen LogP contribution in [0.15, 0.2) is 58.9 Å². The summed E-state index contributed by atoms with van der Waals surface area (Å²) in [6.07, 6.45) is 1.68. The van der Waals surface area contributed by atoms with Crippen LogP contribution in [0, 0.1) is 10.1 Å². The van der Waals surface area contributed by atoms with Gasteiger partial charge in [0.25, 0.3) is 5.69 Å². The van der Waals surface area contributed by atoms with Gasteiger partial charge in [-0.3, -0.25) is 14.5 Å². The Hall–Kier alpha value is -3.62. The molecule has 0 spiro atoms. The Kier molecular flexibility index (Phi) is 4.46. The van der Waals surface area contributed by atoms with E-state index >= 15 is 0 Å². The molecule has 0 atom stereocenters. The normalized spacial score (nSPS) is 11.1. The average molecular weight is 339 g/mol. The van der Waals surface area contributed by atoms with Crippen molar-refractivity contribution in [1.29, 1.82) is 0 Å². The molecule has 0 aliphatic heterocycles. The zero-order valence-corrected chi connectivity index (χ0v) is 13.2. The van der Waals surface area contributed by atoms with Crippen molar-refractivity contribution >= 4 is 28.7 Å². The topological polar surface area (TPSA) is 111 Å². The lowest BCUT2D eigenvalue weighted by atomic mass is 10.3. The van der Waals surface area contributed by atoms with Crippen molar-refractivity contribution in [3.8, 4) is 0 Å². The number of azo groups is 1. The largest absolute Gasteiger partial charge is 0.460 e. The molecule has 2 heterocycles. The predicted octanol–water partition coefficient (Wildman–Crippen LogP) is 3.83. The molecule has 0 radical (unpaired) electrons. The lowest BCUT2D eigenvalue weighted by Gasteiger charge is -1.99. The Morgan fingerprint density at radius 1 is 1.24 bits per heavy atom. The zero-order chi connectivity index (χ0) is 17.8. The molecule has 3 aromatic rings. The van der Waals surface area contributed by atoms with Gasteiger partial charge in [-0.05, 0) is 31.2 Å². The molecule has 0 fully saturated rings. The Morgan fingerprint density at radius 2 is 2.00 bits per heavy atom. The summed E-state index contributed by atoms with van der Waals surface area (Å²) in [5.41, 5.74) is 0.993. The second-order valence-electron chi connectivity index (χ2n) is 4.91. The van der Waals surface area contributed by atoms with Crippen molar-refractivity contribution in [1.82, 2.24) is 9.38 Å². The van der Waals surface area contributed by atoms with Gasteiger partial charge in [-0.1, -0.05) is 6.07 Å². The standard InChI is InChI=1S/C16H13N5O4/c1-2-25-16(22)15-17-14(13-5-3-4-10-20(13)15)19-18-11-6-8-12(9-7-11)21(23)24/h3-10H,2H2,1H3. The highest BCUT2D eigenvalue weighted by molar-refractivity contribution is 5.89. The fraction of sp³-hybridized carbons (Fsp3) is 0.125. The molecule has 0 bridgehead atoms. The summed E-state index contributed by atoms with van der Waals surface area (Å²) in [6, 6.07) is 10.9. The van der Waals surface area contributed by atoms with Gasteiger partial charge in [-0.25, -0.2) is 4.79 Å². The van der Waals surface area contributed by atoms with Gasteiger partial charge in [0.1, 0.15) is 0 Å². The number of fused-ring (bicyclic) bond motifs is 1. The van der Waals surface area contributed by atoms with Gasteiger partial charge < -0.3 is 4.74 Å². The number of carbonyl (C=O) groups is 1. The second kappa shape index (κ2) is 6.87. The number of esters is 1. The van der Waals surface area contributed by atoms with Crippen molar-refractivity contribution in [3.63, 3.8) is 0 Å². The molecule has 0 saturated carbocycles. The van der Waals surface area contributed by atoms with E-state index in [4.69, 9.17) is 4.74 Å². The van der Waals surface area contributed by atoms with Crippen LogP contribution in [0.1, 0.15) is 17.5 Å². The van der Waals surface area contributed by atoms with Crippen LogP contribution in [0.25, 0.3) is 5.52 Å². The van der Waals surface area contributed by atoms with E-state index in [9.17, 15) is 14.9 Å². The number of hydrogen-bond acceptors (Lipinski definition) is 7. The number of nitro benzene ring substituents is 1. The average Bonchev–Trinajstić information content (AvgIpc) is 2.99. The Labute approximate surface area is 141 Å². The van der Waals surface area contributed by atoms with E-state index in [0.29, 0.717) is 11.2 Å². The third kappa shape index (κ3) is 3.34. The number of non-ortho nitro benzene ring substituents is 1. The third-order valence-electron chi connectivity index (χ3n) is 3.31. The number of imidazole rings is 1. The van der Waals surface area contributed by atoms with Crippen LogP contribution in [-0.2, 0) is 4.74 Å². The summed E-state index contributed by atoms with van der Waals surface area (Å²) >= 11 is 0. The Morgan fingerprint density at radius 3 is 2.68 bits per heavy atom. The fourth-order valence-corrected chi connectivity index (χ4v) is 2.18. The van der Waals surface area contributed by atoms with Gasteiger partial charge in [0.05, 0.1) is 22.7 Å². The summed E-state index contributed by atoms with van der Waals surface area (Å²) < 4.78 is 6.56. The quantitative estimate of drug-likeness (QED) is 0.303. The number of carbonyl (C=O) groups excluding carboxylic acids is 1. The molecule has 0 amide bonds. The van der Waals surface area contributed by atoms with Crippen LogP contribution in [0.5, 0.6) is 0 Å². The van der Waals surface area contributed by atoms with E-state index in [1.54, 1.807) is 35.7 Å². The number of pyridine rings is 1. The lowest BCUT2D eigenvalue weighted by Crippen LogP contribution is -2.09. The van der Waals surface area contributed by atoms with E-state index in [1.165, 1.54) is 24.3 Å². The van der Waals surface area contributed by atoms with Gasteiger partial charge >= 0.3 is 5.97 Å². The number of hydrogen-bond donors (Lipinski definition) is 0. The zero-order valence-electron chi connectivity index (χ0n) is 13.2. The lowest BCUT2D eigenvalue weighted by molar-refractivity contribution is -0.384. The van der Waals surface area contributed by atoms with Crippen LogP contribution in [0.2, 0.25) is 0 Å². The predicted molar refractivity (Wildman–Crippen MR) is 88.4 cm³/mol. The van der Waals surface area contributed by atoms with Gasteiger partial charge in [-0.2, -0.15) is 4.98 Å². The van der Waals surface area contributed by atoms with Crippen LogP contribution >= 0.6 is 0 Å². The highest BCUT2D eigenvalue weighted by atomic mass is 16.6. The van der Waals surface area contributed by atoms with E-state index in [1.807, 2.05) is 0 Å². The van der Waals surface area contributed by atoms with Crippen molar-refractivity contribution in [2.24, 2.45) is 10.2 Å². The van der Waals surface area contributed by atoms with Crippen molar-refractivity contribution in [2.75, 3.05) is 6.61 Å². The fourth-order valence-electron chi connectivity index (χ4n) is 2.18. The van der Waals surface area contributed by atoms with Crippen molar-refractivity contribution < 1.29 is 14.5 Å². The first kappa shape index (κ1) is 16.2. The summed E-state index contributed by atoms with van der Waals surface area (Å²) in [4.78, 5) is 26.4. The Bertz CT molecular complexity index is 962. The molecule has 126 valence electrons. The van der Waals surface area contributed by atoms with Crippen LogP contribution in [0.3, 0.4) is 0 Å². The van der Waals surface area contributed by atoms with E-state index in [2.05, 4.69) is 15.2 Å². The molecule has 0 saturated heterocycles. The maximum Gasteiger partial charge on any atom is 0.375 e. The molecule has 1 aromatic carbocycles. The minimum Gasteiger partial charge on any atom is -0.460 e. The minimum atomic E-state index is -0.555. The first-order valence-electron chi connectivity index (χ1n) is 7.40. The smallest absolute Gasteiger partial charge is 0.375 e. The molecule has 0 unspecified atom stereocenters. The number of nitrogens with zero attached hydrogens (tertiary/aromatic N) is 5. The molecule has 0 aliphatic carbocycles. The Balaban J connectivity index is 1.95. The number of rotatable bonds is 5. The molecule has 0 N–H and O–H groups in total. The number of aromatic nitrogens is 2. The van der Waals surface area contributed by atoms with Crippen molar-refractivity contribution in [3.05, 3.63) is 64.6 Å². The third-order valence-corrected chi connectivity index (χ3v) is 3.31. The highest BCUT2D eigenvalue weighted by Gasteiger charge is 2.18. The van der Waals surface area contributed by atoms with Crippen LogP contribution in [-0.4, -0.2) is 26.9 Å². The van der Waals surface area contributed by atoms with Gasteiger partial charge in [0, 0.05) is 18.3 Å². The molecule has 0 aliphatic rings. The van der Waals surface area contributed by atoms with Gasteiger partial charge in [0.15, 0.2) is 0 Å². The summed E-state index contributed by atoms with van der Waals surface area (Å²) in [5, 5.41) is 18.7. The summed E-state index contributed by atoms with van der Waals surface area (Å²) in [6.45, 7) is 1.95.